The summed E-state index contributed by atoms with van der Waals surface area (Å²) >= 11 is 1.36. The van der Waals surface area contributed by atoms with Crippen LogP contribution in [-0.2, 0) is 11.3 Å². The van der Waals surface area contributed by atoms with Gasteiger partial charge in [-0.1, -0.05) is 6.42 Å². The molecule has 0 spiro atoms. The first-order valence-electron chi connectivity index (χ1n) is 7.22. The van der Waals surface area contributed by atoms with E-state index in [-0.39, 0.29) is 5.97 Å². The minimum atomic E-state index is -0.319. The van der Waals surface area contributed by atoms with E-state index in [4.69, 9.17) is 4.74 Å². The smallest absolute Gasteiger partial charge is 0.367 e. The summed E-state index contributed by atoms with van der Waals surface area (Å²) in [6, 6.07) is 0.580. The molecule has 112 valence electrons. The van der Waals surface area contributed by atoms with Gasteiger partial charge in [0.1, 0.15) is 0 Å². The van der Waals surface area contributed by atoms with Crippen LogP contribution in [0, 0.1) is 0 Å². The molecule has 1 saturated heterocycles. The van der Waals surface area contributed by atoms with Gasteiger partial charge in [-0.3, -0.25) is 4.90 Å². The van der Waals surface area contributed by atoms with Gasteiger partial charge in [0.2, 0.25) is 5.01 Å². The number of ether oxygens (including phenoxy) is 1. The third-order valence-electron chi connectivity index (χ3n) is 3.38. The predicted molar refractivity (Wildman–Crippen MR) is 80.0 cm³/mol. The number of carbonyl (C=O) groups excluding carboxylic acids is 1. The van der Waals surface area contributed by atoms with Gasteiger partial charge in [-0.25, -0.2) is 9.78 Å². The SMILES string of the molecule is CCOC(=O)c1nc(CN(C)CC2CCCCN2)cs1. The van der Waals surface area contributed by atoms with Crippen LogP contribution in [0.25, 0.3) is 0 Å². The molecule has 1 unspecified atom stereocenters. The molecule has 1 aromatic heterocycles. The van der Waals surface area contributed by atoms with E-state index in [1.807, 2.05) is 5.38 Å². The number of rotatable bonds is 6. The van der Waals surface area contributed by atoms with E-state index < -0.39 is 0 Å². The second-order valence-corrected chi connectivity index (χ2v) is 6.07. The average molecular weight is 297 g/mol. The van der Waals surface area contributed by atoms with E-state index in [0.717, 1.165) is 25.3 Å². The summed E-state index contributed by atoms with van der Waals surface area (Å²) in [5.74, 6) is -0.319. The molecule has 0 bridgehead atoms. The van der Waals surface area contributed by atoms with Crippen LogP contribution in [0.5, 0.6) is 0 Å². The average Bonchev–Trinajstić information content (AvgIpc) is 2.88. The minimum Gasteiger partial charge on any atom is -0.461 e. The highest BCUT2D eigenvalue weighted by atomic mass is 32.1. The predicted octanol–water partition coefficient (Wildman–Crippen LogP) is 1.89. The topological polar surface area (TPSA) is 54.5 Å². The number of nitrogens with one attached hydrogen (secondary N) is 1. The molecule has 0 aliphatic carbocycles. The Morgan fingerprint density at radius 1 is 1.60 bits per heavy atom. The van der Waals surface area contributed by atoms with Gasteiger partial charge < -0.3 is 10.1 Å². The fourth-order valence-electron chi connectivity index (χ4n) is 2.46. The van der Waals surface area contributed by atoms with Crippen molar-refractivity contribution in [3.8, 4) is 0 Å². The summed E-state index contributed by atoms with van der Waals surface area (Å²) < 4.78 is 4.95. The number of likely N-dealkylation sites (N-methyl/N-ethyl adjacent to an activating group) is 1. The highest BCUT2D eigenvalue weighted by molar-refractivity contribution is 7.11. The van der Waals surface area contributed by atoms with Crippen molar-refractivity contribution in [3.05, 3.63) is 16.1 Å². The van der Waals surface area contributed by atoms with E-state index in [1.54, 1.807) is 6.92 Å². The number of piperidine rings is 1. The fraction of sp³-hybridized carbons (Fsp3) is 0.714. The van der Waals surface area contributed by atoms with E-state index in [0.29, 0.717) is 17.7 Å². The number of hydrogen-bond acceptors (Lipinski definition) is 6. The molecule has 0 aromatic carbocycles. The summed E-state index contributed by atoms with van der Waals surface area (Å²) in [6.45, 7) is 5.11. The molecule has 2 rings (SSSR count). The molecule has 20 heavy (non-hydrogen) atoms. The number of hydrogen-bond donors (Lipinski definition) is 1. The Morgan fingerprint density at radius 3 is 3.15 bits per heavy atom. The maximum absolute atomic E-state index is 11.6. The van der Waals surface area contributed by atoms with Crippen LogP contribution in [0.15, 0.2) is 5.38 Å². The van der Waals surface area contributed by atoms with Crippen molar-refractivity contribution in [1.82, 2.24) is 15.2 Å². The molecule has 0 radical (unpaired) electrons. The van der Waals surface area contributed by atoms with Crippen molar-refractivity contribution in [1.29, 1.82) is 0 Å². The van der Waals surface area contributed by atoms with Crippen LogP contribution in [0.1, 0.15) is 41.7 Å². The molecule has 1 fully saturated rings. The Hall–Kier alpha value is -0.980. The molecule has 0 saturated carbocycles. The molecule has 5 nitrogen and oxygen atoms in total. The molecule has 2 heterocycles. The Bertz CT molecular complexity index is 430. The van der Waals surface area contributed by atoms with Gasteiger partial charge in [0.25, 0.3) is 0 Å². The van der Waals surface area contributed by atoms with E-state index >= 15 is 0 Å². The largest absolute Gasteiger partial charge is 0.461 e. The van der Waals surface area contributed by atoms with Crippen molar-refractivity contribution < 1.29 is 9.53 Å². The van der Waals surface area contributed by atoms with Gasteiger partial charge in [-0.05, 0) is 33.4 Å². The molecular formula is C14H23N3O2S. The van der Waals surface area contributed by atoms with Gasteiger partial charge in [-0.2, -0.15) is 0 Å². The van der Waals surface area contributed by atoms with Crippen LogP contribution in [0.4, 0.5) is 0 Å². The molecule has 1 aromatic rings. The Morgan fingerprint density at radius 2 is 2.45 bits per heavy atom. The molecule has 1 atom stereocenters. The summed E-state index contributed by atoms with van der Waals surface area (Å²) in [7, 11) is 2.10. The van der Waals surface area contributed by atoms with E-state index in [1.165, 1.54) is 30.6 Å². The zero-order chi connectivity index (χ0) is 14.4. The number of nitrogens with zero attached hydrogens (tertiary/aromatic N) is 2. The summed E-state index contributed by atoms with van der Waals surface area (Å²) in [4.78, 5) is 18.2. The fourth-order valence-corrected chi connectivity index (χ4v) is 3.16. The summed E-state index contributed by atoms with van der Waals surface area (Å²) in [5.41, 5.74) is 0.941. The normalized spacial score (nSPS) is 19.2. The highest BCUT2D eigenvalue weighted by Gasteiger charge is 2.16. The zero-order valence-corrected chi connectivity index (χ0v) is 13.0. The standard InChI is InChI=1S/C14H23N3O2S/c1-3-19-14(18)13-16-12(10-20-13)9-17(2)8-11-6-4-5-7-15-11/h10-11,15H,3-9H2,1-2H3. The second kappa shape index (κ2) is 7.71. The maximum atomic E-state index is 11.6. The minimum absolute atomic E-state index is 0.319. The van der Waals surface area contributed by atoms with Crippen molar-refractivity contribution >= 4 is 17.3 Å². The molecular weight excluding hydrogens is 274 g/mol. The first kappa shape index (κ1) is 15.4. The monoisotopic (exact) mass is 297 g/mol. The lowest BCUT2D eigenvalue weighted by atomic mass is 10.0. The van der Waals surface area contributed by atoms with Crippen molar-refractivity contribution in [2.45, 2.75) is 38.8 Å². The maximum Gasteiger partial charge on any atom is 0.367 e. The Balaban J connectivity index is 1.81. The van der Waals surface area contributed by atoms with Crippen LogP contribution in [0.2, 0.25) is 0 Å². The van der Waals surface area contributed by atoms with Gasteiger partial charge in [0.15, 0.2) is 0 Å². The van der Waals surface area contributed by atoms with E-state index in [9.17, 15) is 4.79 Å². The molecule has 1 aliphatic heterocycles. The second-order valence-electron chi connectivity index (χ2n) is 5.21. The van der Waals surface area contributed by atoms with E-state index in [2.05, 4.69) is 22.2 Å². The Kier molecular flexibility index (Phi) is 5.94. The van der Waals surface area contributed by atoms with Gasteiger partial charge in [0, 0.05) is 24.5 Å². The van der Waals surface area contributed by atoms with Crippen molar-refractivity contribution in [2.75, 3.05) is 26.7 Å². The summed E-state index contributed by atoms with van der Waals surface area (Å²) in [6.07, 6.45) is 3.85. The number of carbonyl (C=O) groups is 1. The van der Waals surface area contributed by atoms with Gasteiger partial charge in [0.05, 0.1) is 12.3 Å². The number of esters is 1. The lowest BCUT2D eigenvalue weighted by Crippen LogP contribution is -2.42. The first-order valence-corrected chi connectivity index (χ1v) is 8.10. The molecule has 6 heteroatoms. The van der Waals surface area contributed by atoms with Gasteiger partial charge in [-0.15, -0.1) is 11.3 Å². The van der Waals surface area contributed by atoms with Crippen molar-refractivity contribution in [2.24, 2.45) is 0 Å². The number of aromatic nitrogens is 1. The van der Waals surface area contributed by atoms with Crippen LogP contribution in [-0.4, -0.2) is 48.6 Å². The molecule has 1 N–H and O–H groups in total. The summed E-state index contributed by atoms with van der Waals surface area (Å²) in [5, 5.41) is 5.93. The number of thiazole rings is 1. The lowest BCUT2D eigenvalue weighted by Gasteiger charge is -2.27. The highest BCUT2D eigenvalue weighted by Crippen LogP contribution is 2.14. The van der Waals surface area contributed by atoms with Crippen LogP contribution in [0.3, 0.4) is 0 Å². The van der Waals surface area contributed by atoms with Crippen LogP contribution < -0.4 is 5.32 Å². The van der Waals surface area contributed by atoms with Crippen LogP contribution >= 0.6 is 11.3 Å². The lowest BCUT2D eigenvalue weighted by molar-refractivity contribution is 0.0525. The third kappa shape index (κ3) is 4.54. The van der Waals surface area contributed by atoms with Crippen molar-refractivity contribution in [3.63, 3.8) is 0 Å². The third-order valence-corrected chi connectivity index (χ3v) is 4.25. The molecule has 0 amide bonds. The Labute approximate surface area is 124 Å². The first-order chi connectivity index (χ1) is 9.69. The quantitative estimate of drug-likeness (QED) is 0.813. The zero-order valence-electron chi connectivity index (χ0n) is 12.2. The van der Waals surface area contributed by atoms with Gasteiger partial charge >= 0.3 is 5.97 Å². The molecule has 1 aliphatic rings.